The Morgan fingerprint density at radius 1 is 1.35 bits per heavy atom. The first-order valence-corrected chi connectivity index (χ1v) is 6.58. The molecular weight excluding hydrogens is 276 g/mol. The Labute approximate surface area is 127 Å². The van der Waals surface area contributed by atoms with Crippen molar-refractivity contribution in [3.8, 4) is 5.75 Å². The lowest BCUT2D eigenvalue weighted by Gasteiger charge is -2.29. The molecule has 0 radical (unpaired) electrons. The molecule has 1 rings (SSSR count). The summed E-state index contributed by atoms with van der Waals surface area (Å²) in [6, 6.07) is 7.32. The van der Waals surface area contributed by atoms with Gasteiger partial charge >= 0.3 is 0 Å². The van der Waals surface area contributed by atoms with Gasteiger partial charge in [-0.05, 0) is 31.0 Å². The van der Waals surface area contributed by atoms with Gasteiger partial charge in [0.15, 0.2) is 0 Å². The van der Waals surface area contributed by atoms with Crippen LogP contribution in [0.4, 0.5) is 0 Å². The molecule has 114 valence electrons. The third kappa shape index (κ3) is 5.02. The van der Waals surface area contributed by atoms with Gasteiger partial charge in [-0.15, -0.1) is 12.4 Å². The van der Waals surface area contributed by atoms with Gasteiger partial charge in [0.1, 0.15) is 5.75 Å². The van der Waals surface area contributed by atoms with Gasteiger partial charge in [0.25, 0.3) is 5.91 Å². The Bertz CT molecular complexity index is 436. The molecule has 0 unspecified atom stereocenters. The van der Waals surface area contributed by atoms with Crippen LogP contribution in [-0.2, 0) is 0 Å². The van der Waals surface area contributed by atoms with E-state index in [9.17, 15) is 4.79 Å². The summed E-state index contributed by atoms with van der Waals surface area (Å²) in [6.45, 7) is 7.70. The predicted molar refractivity (Wildman–Crippen MR) is 84.7 cm³/mol. The minimum absolute atomic E-state index is 0. The summed E-state index contributed by atoms with van der Waals surface area (Å²) < 4.78 is 5.49. The fourth-order valence-corrected chi connectivity index (χ4v) is 1.91. The Morgan fingerprint density at radius 2 is 1.95 bits per heavy atom. The minimum atomic E-state index is -0.0923. The molecule has 0 aliphatic rings. The van der Waals surface area contributed by atoms with E-state index in [-0.39, 0.29) is 23.7 Å². The predicted octanol–water partition coefficient (Wildman–Crippen LogP) is 2.56. The largest absolute Gasteiger partial charge is 0.493 e. The van der Waals surface area contributed by atoms with Gasteiger partial charge in [0.05, 0.1) is 12.2 Å². The van der Waals surface area contributed by atoms with Crippen LogP contribution in [0.15, 0.2) is 24.3 Å². The van der Waals surface area contributed by atoms with Crippen molar-refractivity contribution in [1.29, 1.82) is 0 Å². The van der Waals surface area contributed by atoms with Crippen molar-refractivity contribution < 1.29 is 9.53 Å². The van der Waals surface area contributed by atoms with E-state index < -0.39 is 0 Å². The maximum absolute atomic E-state index is 12.4. The fourth-order valence-electron chi connectivity index (χ4n) is 1.91. The van der Waals surface area contributed by atoms with Crippen molar-refractivity contribution in [2.75, 3.05) is 26.7 Å². The van der Waals surface area contributed by atoms with Crippen molar-refractivity contribution in [3.63, 3.8) is 0 Å². The van der Waals surface area contributed by atoms with Crippen LogP contribution in [0.1, 0.15) is 31.1 Å². The zero-order chi connectivity index (χ0) is 14.5. The number of nitrogens with zero attached hydrogens (tertiary/aromatic N) is 1. The number of hydrogen-bond donors (Lipinski definition) is 1. The number of ether oxygens (including phenoxy) is 1. The van der Waals surface area contributed by atoms with E-state index in [0.29, 0.717) is 31.0 Å². The molecule has 1 amide bonds. The molecule has 0 aliphatic carbocycles. The minimum Gasteiger partial charge on any atom is -0.493 e. The first-order valence-electron chi connectivity index (χ1n) is 6.58. The second kappa shape index (κ2) is 8.12. The SMILES string of the molecule is CCOc1ccccc1C(=O)N(C)CC(C)(C)CN.Cl. The standard InChI is InChI=1S/C15H24N2O2.ClH/c1-5-19-13-9-7-6-8-12(13)14(18)17(4)11-15(2,3)10-16;/h6-9H,5,10-11,16H2,1-4H3;1H. The van der Waals surface area contributed by atoms with Crippen LogP contribution >= 0.6 is 12.4 Å². The van der Waals surface area contributed by atoms with Crippen molar-refractivity contribution >= 4 is 18.3 Å². The molecule has 0 aromatic heterocycles. The van der Waals surface area contributed by atoms with Crippen molar-refractivity contribution in [3.05, 3.63) is 29.8 Å². The molecule has 0 aliphatic heterocycles. The highest BCUT2D eigenvalue weighted by Crippen LogP contribution is 2.21. The first kappa shape index (κ1) is 18.7. The number of halogens is 1. The van der Waals surface area contributed by atoms with Gasteiger partial charge in [-0.2, -0.15) is 0 Å². The van der Waals surface area contributed by atoms with E-state index in [4.69, 9.17) is 10.5 Å². The molecule has 0 bridgehead atoms. The molecule has 2 N–H and O–H groups in total. The van der Waals surface area contributed by atoms with Gasteiger partial charge in [-0.1, -0.05) is 26.0 Å². The summed E-state index contributed by atoms with van der Waals surface area (Å²) in [5.74, 6) is 0.595. The van der Waals surface area contributed by atoms with E-state index in [1.54, 1.807) is 18.0 Å². The molecule has 1 aromatic rings. The molecular formula is C15H25ClN2O2. The highest BCUT2D eigenvalue weighted by molar-refractivity contribution is 5.96. The van der Waals surface area contributed by atoms with E-state index in [1.807, 2.05) is 39.0 Å². The van der Waals surface area contributed by atoms with Crippen LogP contribution < -0.4 is 10.5 Å². The summed E-state index contributed by atoms with van der Waals surface area (Å²) in [4.78, 5) is 14.1. The number of para-hydroxylation sites is 1. The average molecular weight is 301 g/mol. The molecule has 0 saturated carbocycles. The van der Waals surface area contributed by atoms with Crippen molar-refractivity contribution in [2.45, 2.75) is 20.8 Å². The Balaban J connectivity index is 0.00000361. The molecule has 5 heteroatoms. The third-order valence-corrected chi connectivity index (χ3v) is 2.98. The fraction of sp³-hybridized carbons (Fsp3) is 0.533. The normalized spacial score (nSPS) is 10.7. The molecule has 0 heterocycles. The summed E-state index contributed by atoms with van der Waals surface area (Å²) in [5, 5.41) is 0. The molecule has 0 saturated heterocycles. The number of carbonyl (C=O) groups excluding carboxylic acids is 1. The van der Waals surface area contributed by atoms with E-state index in [2.05, 4.69) is 0 Å². The van der Waals surface area contributed by atoms with Crippen molar-refractivity contribution in [1.82, 2.24) is 4.90 Å². The molecule has 1 aromatic carbocycles. The monoisotopic (exact) mass is 300 g/mol. The lowest BCUT2D eigenvalue weighted by atomic mass is 9.93. The summed E-state index contributed by atoms with van der Waals surface area (Å²) in [5.41, 5.74) is 6.21. The van der Waals surface area contributed by atoms with Gasteiger partial charge in [0, 0.05) is 13.6 Å². The van der Waals surface area contributed by atoms with Gasteiger partial charge in [0.2, 0.25) is 0 Å². The highest BCUT2D eigenvalue weighted by Gasteiger charge is 2.23. The van der Waals surface area contributed by atoms with Crippen LogP contribution in [0.25, 0.3) is 0 Å². The van der Waals surface area contributed by atoms with Crippen LogP contribution in [-0.4, -0.2) is 37.6 Å². The zero-order valence-electron chi connectivity index (χ0n) is 12.7. The Hall–Kier alpha value is -1.26. The number of rotatable bonds is 6. The Kier molecular flexibility index (Phi) is 7.61. The van der Waals surface area contributed by atoms with E-state index >= 15 is 0 Å². The molecule has 20 heavy (non-hydrogen) atoms. The number of hydrogen-bond acceptors (Lipinski definition) is 3. The smallest absolute Gasteiger partial charge is 0.257 e. The molecule has 0 spiro atoms. The third-order valence-electron chi connectivity index (χ3n) is 2.98. The second-order valence-corrected chi connectivity index (χ2v) is 5.46. The lowest BCUT2D eigenvalue weighted by molar-refractivity contribution is 0.0736. The molecule has 4 nitrogen and oxygen atoms in total. The second-order valence-electron chi connectivity index (χ2n) is 5.46. The van der Waals surface area contributed by atoms with Gasteiger partial charge in [-0.3, -0.25) is 4.79 Å². The number of carbonyl (C=O) groups is 1. The van der Waals surface area contributed by atoms with Crippen molar-refractivity contribution in [2.24, 2.45) is 11.1 Å². The topological polar surface area (TPSA) is 55.6 Å². The Morgan fingerprint density at radius 3 is 2.50 bits per heavy atom. The van der Waals surface area contributed by atoms with Gasteiger partial charge in [-0.25, -0.2) is 0 Å². The van der Waals surface area contributed by atoms with E-state index in [1.165, 1.54) is 0 Å². The average Bonchev–Trinajstić information content (AvgIpc) is 2.38. The van der Waals surface area contributed by atoms with Crippen LogP contribution in [0, 0.1) is 5.41 Å². The first-order chi connectivity index (χ1) is 8.91. The van der Waals surface area contributed by atoms with Crippen LogP contribution in [0.3, 0.4) is 0 Å². The summed E-state index contributed by atoms with van der Waals surface area (Å²) >= 11 is 0. The number of amides is 1. The summed E-state index contributed by atoms with van der Waals surface area (Å²) in [6.07, 6.45) is 0. The maximum Gasteiger partial charge on any atom is 0.257 e. The zero-order valence-corrected chi connectivity index (χ0v) is 13.5. The molecule has 0 fully saturated rings. The molecule has 0 atom stereocenters. The quantitative estimate of drug-likeness (QED) is 0.878. The maximum atomic E-state index is 12.4. The van der Waals surface area contributed by atoms with Gasteiger partial charge < -0.3 is 15.4 Å². The lowest BCUT2D eigenvalue weighted by Crippen LogP contribution is -2.39. The highest BCUT2D eigenvalue weighted by atomic mass is 35.5. The van der Waals surface area contributed by atoms with Crippen LogP contribution in [0.5, 0.6) is 5.75 Å². The number of nitrogens with two attached hydrogens (primary N) is 1. The number of benzene rings is 1. The summed E-state index contributed by atoms with van der Waals surface area (Å²) in [7, 11) is 1.79. The van der Waals surface area contributed by atoms with E-state index in [0.717, 1.165) is 0 Å². The van der Waals surface area contributed by atoms with Crippen LogP contribution in [0.2, 0.25) is 0 Å².